The molecule has 1 amide bonds. The molecule has 3 aliphatic rings. The van der Waals surface area contributed by atoms with Crippen molar-refractivity contribution in [2.45, 2.75) is 49.5 Å². The third-order valence-electron chi connectivity index (χ3n) is 9.48. The molecule has 2 atom stereocenters. The smallest absolute Gasteiger partial charge is 0.422 e. The van der Waals surface area contributed by atoms with Gasteiger partial charge in [0.05, 0.1) is 18.9 Å². The summed E-state index contributed by atoms with van der Waals surface area (Å²) in [5.41, 5.74) is 2.97. The summed E-state index contributed by atoms with van der Waals surface area (Å²) in [6.07, 6.45) is 1.73. The average molecular weight is 674 g/mol. The number of aromatic nitrogens is 4. The first-order valence-corrected chi connectivity index (χ1v) is 16.5. The molecule has 13 heteroatoms. The summed E-state index contributed by atoms with van der Waals surface area (Å²) >= 11 is 0. The topological polar surface area (TPSA) is 96.8 Å². The van der Waals surface area contributed by atoms with Crippen LogP contribution in [0.3, 0.4) is 0 Å². The minimum Gasteiger partial charge on any atom is -0.481 e. The molecule has 7 rings (SSSR count). The number of carbonyl (C=O) groups is 1. The van der Waals surface area contributed by atoms with Gasteiger partial charge in [-0.05, 0) is 24.0 Å². The molecule has 10 nitrogen and oxygen atoms in total. The summed E-state index contributed by atoms with van der Waals surface area (Å²) in [7, 11) is 1.47. The van der Waals surface area contributed by atoms with Crippen LogP contribution in [0.5, 0.6) is 11.8 Å². The molecule has 0 N–H and O–H groups in total. The lowest BCUT2D eigenvalue weighted by Crippen LogP contribution is -2.67. The summed E-state index contributed by atoms with van der Waals surface area (Å²) in [4.78, 5) is 37.5. The van der Waals surface area contributed by atoms with Crippen LogP contribution >= 0.6 is 0 Å². The number of alkyl halides is 3. The molecule has 49 heavy (non-hydrogen) atoms. The molecule has 2 saturated heterocycles. The van der Waals surface area contributed by atoms with Crippen molar-refractivity contribution in [3.8, 4) is 11.8 Å². The van der Waals surface area contributed by atoms with E-state index in [1.807, 2.05) is 41.3 Å². The van der Waals surface area contributed by atoms with Crippen molar-refractivity contribution in [2.75, 3.05) is 46.4 Å². The van der Waals surface area contributed by atoms with Gasteiger partial charge in [0.25, 0.3) is 5.91 Å². The van der Waals surface area contributed by atoms with Crippen molar-refractivity contribution in [3.05, 3.63) is 107 Å². The van der Waals surface area contributed by atoms with Crippen LogP contribution in [0.1, 0.15) is 57.7 Å². The number of rotatable bonds is 10. The van der Waals surface area contributed by atoms with Gasteiger partial charge in [-0.15, -0.1) is 0 Å². The maximum atomic E-state index is 13.5. The van der Waals surface area contributed by atoms with E-state index in [2.05, 4.69) is 54.0 Å². The Morgan fingerprint density at radius 3 is 2.22 bits per heavy atom. The molecule has 1 aliphatic carbocycles. The highest BCUT2D eigenvalue weighted by molar-refractivity contribution is 5.92. The van der Waals surface area contributed by atoms with Crippen LogP contribution in [-0.2, 0) is 6.54 Å². The predicted molar refractivity (Wildman–Crippen MR) is 174 cm³/mol. The quantitative estimate of drug-likeness (QED) is 0.232. The monoisotopic (exact) mass is 673 g/mol. The Balaban J connectivity index is 1.25. The summed E-state index contributed by atoms with van der Waals surface area (Å²) in [5, 5.41) is 0. The van der Waals surface area contributed by atoms with Crippen molar-refractivity contribution >= 4 is 5.91 Å². The molecule has 2 aromatic carbocycles. The number of benzene rings is 2. The van der Waals surface area contributed by atoms with Crippen LogP contribution in [0.4, 0.5) is 13.2 Å². The van der Waals surface area contributed by atoms with Crippen molar-refractivity contribution in [2.24, 2.45) is 0 Å². The maximum absolute atomic E-state index is 13.5. The first kappa shape index (κ1) is 32.9. The van der Waals surface area contributed by atoms with E-state index in [9.17, 15) is 18.0 Å². The Morgan fingerprint density at radius 1 is 0.918 bits per heavy atom. The average Bonchev–Trinajstić information content (AvgIpc) is 3.98. The highest BCUT2D eigenvalue weighted by Gasteiger charge is 2.44. The van der Waals surface area contributed by atoms with E-state index >= 15 is 0 Å². The Bertz CT molecular complexity index is 1690. The van der Waals surface area contributed by atoms with E-state index in [0.29, 0.717) is 44.1 Å². The Kier molecular flexibility index (Phi) is 9.46. The molecule has 1 unspecified atom stereocenters. The zero-order chi connectivity index (χ0) is 34.0. The number of hydrogen-bond acceptors (Lipinski definition) is 9. The van der Waals surface area contributed by atoms with Gasteiger partial charge in [0.1, 0.15) is 11.5 Å². The highest BCUT2D eigenvalue weighted by Crippen LogP contribution is 2.42. The summed E-state index contributed by atoms with van der Waals surface area (Å²) in [6, 6.07) is 20.6. The van der Waals surface area contributed by atoms with E-state index in [1.165, 1.54) is 25.7 Å². The van der Waals surface area contributed by atoms with Gasteiger partial charge in [-0.1, -0.05) is 60.7 Å². The summed E-state index contributed by atoms with van der Waals surface area (Å²) in [5.74, 6) is 0.444. The van der Waals surface area contributed by atoms with Gasteiger partial charge in [-0.25, -0.2) is 4.98 Å². The zero-order valence-electron chi connectivity index (χ0n) is 27.2. The fraction of sp³-hybridized carbons (Fsp3) is 0.417. The van der Waals surface area contributed by atoms with Crippen LogP contribution in [0.15, 0.2) is 79.3 Å². The number of amides is 1. The van der Waals surface area contributed by atoms with Crippen LogP contribution in [-0.4, -0.2) is 105 Å². The van der Waals surface area contributed by atoms with Gasteiger partial charge in [-0.3, -0.25) is 19.6 Å². The lowest BCUT2D eigenvalue weighted by Gasteiger charge is -2.53. The molecule has 0 radical (unpaired) electrons. The zero-order valence-corrected chi connectivity index (χ0v) is 27.2. The number of carbonyl (C=O) groups excluding carboxylic acids is 1. The number of nitrogens with zero attached hydrogens (tertiary/aromatic N) is 7. The van der Waals surface area contributed by atoms with Crippen molar-refractivity contribution in [3.63, 3.8) is 0 Å². The van der Waals surface area contributed by atoms with Gasteiger partial charge >= 0.3 is 6.18 Å². The predicted octanol–water partition coefficient (Wildman–Crippen LogP) is 4.94. The summed E-state index contributed by atoms with van der Waals surface area (Å²) < 4.78 is 51.2. The number of halogens is 3. The van der Waals surface area contributed by atoms with E-state index < -0.39 is 12.8 Å². The molecule has 0 spiro atoms. The van der Waals surface area contributed by atoms with Crippen LogP contribution in [0.25, 0.3) is 0 Å². The molecule has 2 aliphatic heterocycles. The van der Waals surface area contributed by atoms with Gasteiger partial charge in [0.15, 0.2) is 6.61 Å². The van der Waals surface area contributed by atoms with Gasteiger partial charge in [0, 0.05) is 75.6 Å². The largest absolute Gasteiger partial charge is 0.481 e. The van der Waals surface area contributed by atoms with E-state index in [4.69, 9.17) is 9.47 Å². The van der Waals surface area contributed by atoms with E-state index in [0.717, 1.165) is 24.0 Å². The molecule has 256 valence electrons. The molecular weight excluding hydrogens is 635 g/mol. The van der Waals surface area contributed by atoms with Gasteiger partial charge < -0.3 is 14.4 Å². The number of methoxy groups -OCH3 is 1. The summed E-state index contributed by atoms with van der Waals surface area (Å²) in [6.45, 7) is 1.50. The molecule has 0 bridgehead atoms. The Morgan fingerprint density at radius 2 is 1.61 bits per heavy atom. The number of ether oxygens (including phenoxy) is 2. The van der Waals surface area contributed by atoms with Crippen LogP contribution < -0.4 is 9.47 Å². The standard InChI is InChI=1S/C36H38F3N7O3/c1-48-33-28(34(49-23-36(37,38)39)43-32(42-33)26-12-13-26)21-44-19-27-20-45(35(47)29-18-40-14-15-41-29)16-17-46(27)30(22-44)31(24-8-4-2-5-9-24)25-10-6-3-7-11-25/h2-11,14-15,18,26-27,30-31H,12-13,16-17,19-23H2,1H3/t27-,30?/m1/s1. The molecule has 3 fully saturated rings. The second-order valence-electron chi connectivity index (χ2n) is 12.8. The Labute approximate surface area is 282 Å². The fourth-order valence-corrected chi connectivity index (χ4v) is 7.13. The maximum Gasteiger partial charge on any atom is 0.422 e. The normalized spacial score (nSPS) is 20.2. The lowest BCUT2D eigenvalue weighted by atomic mass is 9.81. The van der Waals surface area contributed by atoms with E-state index in [1.54, 1.807) is 0 Å². The highest BCUT2D eigenvalue weighted by atomic mass is 19.4. The fourth-order valence-electron chi connectivity index (χ4n) is 7.13. The minimum absolute atomic E-state index is 0.0220. The molecule has 2 aromatic heterocycles. The van der Waals surface area contributed by atoms with Crippen molar-refractivity contribution in [1.82, 2.24) is 34.6 Å². The van der Waals surface area contributed by atoms with Gasteiger partial charge in [0.2, 0.25) is 11.8 Å². The number of fused-ring (bicyclic) bond motifs is 1. The van der Waals surface area contributed by atoms with Crippen molar-refractivity contribution < 1.29 is 27.4 Å². The third-order valence-corrected chi connectivity index (χ3v) is 9.48. The first-order valence-electron chi connectivity index (χ1n) is 16.5. The molecule has 4 heterocycles. The SMILES string of the molecule is COc1nc(C2CC2)nc(OCC(F)(F)F)c1CN1CC(C(c2ccccc2)c2ccccc2)N2CCN(C(=O)c3cnccn3)C[C@H]2C1. The van der Waals surface area contributed by atoms with E-state index in [-0.39, 0.29) is 53.8 Å². The minimum atomic E-state index is -4.54. The second-order valence-corrected chi connectivity index (χ2v) is 12.8. The van der Waals surface area contributed by atoms with Crippen LogP contribution in [0, 0.1) is 0 Å². The van der Waals surface area contributed by atoms with Gasteiger partial charge in [-0.2, -0.15) is 23.1 Å². The molecule has 4 aromatic rings. The number of piperazine rings is 2. The van der Waals surface area contributed by atoms with Crippen molar-refractivity contribution in [1.29, 1.82) is 0 Å². The Hall–Kier alpha value is -4.62. The molecule has 1 saturated carbocycles. The molecular formula is C36H38F3N7O3. The lowest BCUT2D eigenvalue weighted by molar-refractivity contribution is -0.154. The van der Waals surface area contributed by atoms with Crippen LogP contribution in [0.2, 0.25) is 0 Å². The first-order chi connectivity index (χ1) is 23.8. The number of hydrogen-bond donors (Lipinski definition) is 0. The third kappa shape index (κ3) is 7.52. The second kappa shape index (κ2) is 14.1.